The molecule has 0 atom stereocenters. The Labute approximate surface area is 86.3 Å². The Balaban J connectivity index is 3.33. The summed E-state index contributed by atoms with van der Waals surface area (Å²) in [5.41, 5.74) is 4.97. The second-order valence-electron chi connectivity index (χ2n) is 2.02. The highest BCUT2D eigenvalue weighted by Crippen LogP contribution is 2.33. The molecule has 1 heterocycles. The Hall–Kier alpha value is -0.170. The summed E-state index contributed by atoms with van der Waals surface area (Å²) in [5, 5.41) is -0.0945. The molecule has 1 rings (SSSR count). The number of halogens is 4. The molecule has 1 aromatic heterocycles. The Morgan fingerprint density at radius 2 is 2.17 bits per heavy atom. The van der Waals surface area contributed by atoms with E-state index in [1.807, 2.05) is 0 Å². The fourth-order valence-corrected chi connectivity index (χ4v) is 1.38. The van der Waals surface area contributed by atoms with E-state index >= 15 is 0 Å². The molecule has 0 unspecified atom stereocenters. The van der Waals surface area contributed by atoms with Crippen molar-refractivity contribution in [3.63, 3.8) is 0 Å². The van der Waals surface area contributed by atoms with E-state index in [0.29, 0.717) is 3.70 Å². The van der Waals surface area contributed by atoms with Gasteiger partial charge in [-0.15, -0.1) is 0 Å². The van der Waals surface area contributed by atoms with Gasteiger partial charge in [-0.2, -0.15) is 0 Å². The van der Waals surface area contributed by atoms with Crippen LogP contribution in [0, 0.1) is 3.70 Å². The zero-order chi connectivity index (χ0) is 9.30. The van der Waals surface area contributed by atoms with Gasteiger partial charge in [0.15, 0.2) is 0 Å². The van der Waals surface area contributed by atoms with Crippen LogP contribution in [-0.4, -0.2) is 4.98 Å². The maximum absolute atomic E-state index is 12.3. The lowest BCUT2D eigenvalue weighted by atomic mass is 10.2. The molecule has 1 aromatic rings. The molecule has 2 N–H and O–H groups in total. The molecule has 0 bridgehead atoms. The highest BCUT2D eigenvalue weighted by atomic mass is 127. The van der Waals surface area contributed by atoms with Gasteiger partial charge in [-0.05, 0) is 22.6 Å². The second kappa shape index (κ2) is 3.69. The number of nitrogen functional groups attached to an aromatic ring is 1. The fraction of sp³-hybridized carbons (Fsp3) is 0.167. The predicted molar refractivity (Wildman–Crippen MR) is 51.3 cm³/mol. The number of hydrogen-bond acceptors (Lipinski definition) is 2. The van der Waals surface area contributed by atoms with Crippen molar-refractivity contribution in [2.24, 2.45) is 0 Å². The minimum atomic E-state index is -2.66. The molecular formula is C6H4ClF2IN2. The van der Waals surface area contributed by atoms with Gasteiger partial charge in [-0.25, -0.2) is 13.8 Å². The van der Waals surface area contributed by atoms with Crippen molar-refractivity contribution in [3.05, 3.63) is 20.5 Å². The van der Waals surface area contributed by atoms with Crippen LogP contribution in [0.15, 0.2) is 6.20 Å². The number of aromatic nitrogens is 1. The first-order valence-corrected chi connectivity index (χ1v) is 4.37. The van der Waals surface area contributed by atoms with Crippen LogP contribution in [0.25, 0.3) is 0 Å². The fourth-order valence-electron chi connectivity index (χ4n) is 0.714. The zero-order valence-electron chi connectivity index (χ0n) is 5.69. The van der Waals surface area contributed by atoms with Gasteiger partial charge in [0.05, 0.1) is 16.3 Å². The van der Waals surface area contributed by atoms with Gasteiger partial charge >= 0.3 is 0 Å². The third-order valence-electron chi connectivity index (χ3n) is 1.28. The number of alkyl halides is 2. The van der Waals surface area contributed by atoms with E-state index in [4.69, 9.17) is 17.3 Å². The van der Waals surface area contributed by atoms with Gasteiger partial charge in [0.1, 0.15) is 3.70 Å². The van der Waals surface area contributed by atoms with Crippen LogP contribution in [-0.2, 0) is 0 Å². The molecule has 2 nitrogen and oxygen atoms in total. The number of hydrogen-bond donors (Lipinski definition) is 1. The van der Waals surface area contributed by atoms with E-state index in [1.165, 1.54) is 6.20 Å². The lowest BCUT2D eigenvalue weighted by Crippen LogP contribution is -2.00. The van der Waals surface area contributed by atoms with Crippen molar-refractivity contribution in [1.82, 2.24) is 4.98 Å². The largest absolute Gasteiger partial charge is 0.396 e. The van der Waals surface area contributed by atoms with E-state index in [0.717, 1.165) is 0 Å². The molecule has 0 aliphatic heterocycles. The molecule has 66 valence electrons. The molecule has 12 heavy (non-hydrogen) atoms. The monoisotopic (exact) mass is 304 g/mol. The van der Waals surface area contributed by atoms with Crippen LogP contribution < -0.4 is 5.73 Å². The molecule has 0 fully saturated rings. The quantitative estimate of drug-likeness (QED) is 0.640. The van der Waals surface area contributed by atoms with Crippen LogP contribution in [0.1, 0.15) is 12.0 Å². The summed E-state index contributed by atoms with van der Waals surface area (Å²) >= 11 is 7.24. The third-order valence-corrected chi connectivity index (χ3v) is 2.44. The van der Waals surface area contributed by atoms with Gasteiger partial charge in [0.2, 0.25) is 0 Å². The number of anilines is 1. The minimum absolute atomic E-state index is 0.0434. The highest BCUT2D eigenvalue weighted by molar-refractivity contribution is 14.1. The topological polar surface area (TPSA) is 38.9 Å². The maximum atomic E-state index is 12.3. The molecule has 0 saturated carbocycles. The van der Waals surface area contributed by atoms with Crippen LogP contribution in [0.3, 0.4) is 0 Å². The molecule has 0 aromatic carbocycles. The van der Waals surface area contributed by atoms with E-state index in [1.54, 1.807) is 22.6 Å². The van der Waals surface area contributed by atoms with Gasteiger partial charge < -0.3 is 5.73 Å². The molecule has 0 aliphatic rings. The molecule has 0 aliphatic carbocycles. The Morgan fingerprint density at radius 1 is 1.58 bits per heavy atom. The second-order valence-corrected chi connectivity index (χ2v) is 3.45. The summed E-state index contributed by atoms with van der Waals surface area (Å²) in [4.78, 5) is 3.72. The summed E-state index contributed by atoms with van der Waals surface area (Å²) in [5.74, 6) is 0. The van der Waals surface area contributed by atoms with Crippen molar-refractivity contribution in [1.29, 1.82) is 0 Å². The SMILES string of the molecule is Nc1c(I)ncc(Cl)c1C(F)F. The molecule has 0 radical (unpaired) electrons. The van der Waals surface area contributed by atoms with Gasteiger partial charge in [0, 0.05) is 6.20 Å². The van der Waals surface area contributed by atoms with Crippen LogP contribution in [0.4, 0.5) is 14.5 Å². The van der Waals surface area contributed by atoms with Crippen molar-refractivity contribution in [2.45, 2.75) is 6.43 Å². The molecular weight excluding hydrogens is 300 g/mol. The zero-order valence-corrected chi connectivity index (χ0v) is 8.60. The average molecular weight is 304 g/mol. The molecule has 0 amide bonds. The first-order chi connectivity index (χ1) is 5.54. The van der Waals surface area contributed by atoms with E-state index in [9.17, 15) is 8.78 Å². The number of nitrogens with zero attached hydrogens (tertiary/aromatic N) is 1. The summed E-state index contributed by atoms with van der Waals surface area (Å²) in [6.45, 7) is 0. The Bertz CT molecular complexity index is 306. The van der Waals surface area contributed by atoms with E-state index in [2.05, 4.69) is 4.98 Å². The maximum Gasteiger partial charge on any atom is 0.267 e. The van der Waals surface area contributed by atoms with Crippen molar-refractivity contribution in [3.8, 4) is 0 Å². The third kappa shape index (κ3) is 1.77. The summed E-state index contributed by atoms with van der Waals surface area (Å²) < 4.78 is 24.9. The predicted octanol–water partition coefficient (Wildman–Crippen LogP) is 2.86. The number of rotatable bonds is 1. The average Bonchev–Trinajstić information content (AvgIpc) is 1.97. The smallest absolute Gasteiger partial charge is 0.267 e. The minimum Gasteiger partial charge on any atom is -0.396 e. The van der Waals surface area contributed by atoms with Crippen molar-refractivity contribution in [2.75, 3.05) is 5.73 Å². The van der Waals surface area contributed by atoms with E-state index in [-0.39, 0.29) is 16.3 Å². The number of pyridine rings is 1. The molecule has 0 saturated heterocycles. The Kier molecular flexibility index (Phi) is 3.05. The highest BCUT2D eigenvalue weighted by Gasteiger charge is 2.17. The first kappa shape index (κ1) is 9.91. The standard InChI is InChI=1S/C6H4ClF2IN2/c7-2-1-12-6(10)4(11)3(2)5(8)9/h1,5H,11H2. The van der Waals surface area contributed by atoms with Gasteiger partial charge in [-0.1, -0.05) is 11.6 Å². The summed E-state index contributed by atoms with van der Waals surface area (Å²) in [6.07, 6.45) is -1.49. The number of nitrogens with two attached hydrogens (primary N) is 1. The van der Waals surface area contributed by atoms with Crippen LogP contribution >= 0.6 is 34.2 Å². The Morgan fingerprint density at radius 3 is 2.58 bits per heavy atom. The lowest BCUT2D eigenvalue weighted by Gasteiger charge is -2.06. The van der Waals surface area contributed by atoms with Crippen molar-refractivity contribution < 1.29 is 8.78 Å². The van der Waals surface area contributed by atoms with Gasteiger partial charge in [-0.3, -0.25) is 0 Å². The molecule has 0 spiro atoms. The van der Waals surface area contributed by atoms with Crippen LogP contribution in [0.2, 0.25) is 5.02 Å². The summed E-state index contributed by atoms with van der Waals surface area (Å²) in [6, 6.07) is 0. The van der Waals surface area contributed by atoms with E-state index < -0.39 is 6.43 Å². The van der Waals surface area contributed by atoms with Crippen molar-refractivity contribution >= 4 is 39.9 Å². The normalized spacial score (nSPS) is 10.8. The summed E-state index contributed by atoms with van der Waals surface area (Å²) in [7, 11) is 0. The van der Waals surface area contributed by atoms with Gasteiger partial charge in [0.25, 0.3) is 6.43 Å². The molecule has 6 heteroatoms. The first-order valence-electron chi connectivity index (χ1n) is 2.91. The lowest BCUT2D eigenvalue weighted by molar-refractivity contribution is 0.152. The van der Waals surface area contributed by atoms with Crippen LogP contribution in [0.5, 0.6) is 0 Å².